The summed E-state index contributed by atoms with van der Waals surface area (Å²) in [6, 6.07) is 10.1. The molecule has 0 bridgehead atoms. The third-order valence-electron chi connectivity index (χ3n) is 6.33. The van der Waals surface area contributed by atoms with Gasteiger partial charge in [0.15, 0.2) is 0 Å². The minimum absolute atomic E-state index is 0.0526. The van der Waals surface area contributed by atoms with Crippen LogP contribution in [-0.2, 0) is 19.7 Å². The largest absolute Gasteiger partial charge is 0.376 e. The topological polar surface area (TPSA) is 49.9 Å². The molecule has 0 aliphatic carbocycles. The Morgan fingerprint density at radius 3 is 2.50 bits per heavy atom. The van der Waals surface area contributed by atoms with Crippen molar-refractivity contribution in [3.8, 4) is 0 Å². The average Bonchev–Trinajstić information content (AvgIpc) is 3.30. The summed E-state index contributed by atoms with van der Waals surface area (Å²) in [6.45, 7) is 7.07. The van der Waals surface area contributed by atoms with Crippen molar-refractivity contribution in [3.05, 3.63) is 48.6 Å². The van der Waals surface area contributed by atoms with Crippen molar-refractivity contribution in [2.24, 2.45) is 5.92 Å². The molecule has 5 heteroatoms. The van der Waals surface area contributed by atoms with Gasteiger partial charge in [0.2, 0.25) is 11.8 Å². The number of piperidine rings is 1. The highest BCUT2D eigenvalue weighted by molar-refractivity contribution is 5.90. The lowest BCUT2D eigenvalue weighted by atomic mass is 9.71. The molecule has 0 N–H and O–H groups in total. The Morgan fingerprint density at radius 1 is 1.12 bits per heavy atom. The highest BCUT2D eigenvalue weighted by Crippen LogP contribution is 2.40. The van der Waals surface area contributed by atoms with Crippen LogP contribution in [0.5, 0.6) is 0 Å². The number of carbonyl (C=O) groups excluding carboxylic acids is 2. The lowest BCUT2D eigenvalue weighted by molar-refractivity contribution is -0.141. The maximum Gasteiger partial charge on any atom is 0.245 e. The third kappa shape index (κ3) is 2.84. The van der Waals surface area contributed by atoms with E-state index in [0.717, 1.165) is 25.1 Å². The standard InChI is InChI=1S/C21H26N2O3/c1-2-19(24)22-11-9-21(10-12-22,17-6-4-3-5-7-17)20(25)23-14-16-8-13-26-18(16)15-23/h2-7,16,18H,1,8-15H2/t16-,18+/m0/s1. The van der Waals surface area contributed by atoms with E-state index in [4.69, 9.17) is 4.74 Å². The van der Waals surface area contributed by atoms with Gasteiger partial charge in [-0.25, -0.2) is 0 Å². The van der Waals surface area contributed by atoms with Crippen LogP contribution in [0.4, 0.5) is 0 Å². The number of nitrogens with zero attached hydrogens (tertiary/aromatic N) is 2. The minimum Gasteiger partial charge on any atom is -0.376 e. The fourth-order valence-electron chi connectivity index (χ4n) is 4.77. The molecule has 3 fully saturated rings. The second-order valence-corrected chi connectivity index (χ2v) is 7.65. The summed E-state index contributed by atoms with van der Waals surface area (Å²) < 4.78 is 5.79. The highest BCUT2D eigenvalue weighted by atomic mass is 16.5. The first-order valence-electron chi connectivity index (χ1n) is 9.52. The van der Waals surface area contributed by atoms with Crippen molar-refractivity contribution in [2.45, 2.75) is 30.8 Å². The molecule has 3 aliphatic heterocycles. The van der Waals surface area contributed by atoms with Gasteiger partial charge in [-0.2, -0.15) is 0 Å². The molecular formula is C21H26N2O3. The number of carbonyl (C=O) groups is 2. The van der Waals surface area contributed by atoms with Gasteiger partial charge in [-0.15, -0.1) is 0 Å². The molecule has 0 spiro atoms. The van der Waals surface area contributed by atoms with Crippen molar-refractivity contribution >= 4 is 11.8 Å². The summed E-state index contributed by atoms with van der Waals surface area (Å²) in [5, 5.41) is 0. The van der Waals surface area contributed by atoms with Crippen LogP contribution in [0.25, 0.3) is 0 Å². The average molecular weight is 354 g/mol. The van der Waals surface area contributed by atoms with Crippen LogP contribution >= 0.6 is 0 Å². The van der Waals surface area contributed by atoms with Crippen molar-refractivity contribution in [2.75, 3.05) is 32.8 Å². The zero-order valence-electron chi connectivity index (χ0n) is 15.1. The fraction of sp³-hybridized carbons (Fsp3) is 0.524. The monoisotopic (exact) mass is 354 g/mol. The van der Waals surface area contributed by atoms with Gasteiger partial charge in [0.05, 0.1) is 11.5 Å². The van der Waals surface area contributed by atoms with E-state index in [1.807, 2.05) is 23.1 Å². The number of benzene rings is 1. The number of ether oxygens (including phenoxy) is 1. The third-order valence-corrected chi connectivity index (χ3v) is 6.33. The predicted octanol–water partition coefficient (Wildman–Crippen LogP) is 1.98. The molecule has 2 atom stereocenters. The van der Waals surface area contributed by atoms with Crippen LogP contribution in [0.2, 0.25) is 0 Å². The zero-order valence-corrected chi connectivity index (χ0v) is 15.1. The number of hydrogen-bond donors (Lipinski definition) is 0. The summed E-state index contributed by atoms with van der Waals surface area (Å²) in [4.78, 5) is 29.4. The molecule has 5 nitrogen and oxygen atoms in total. The molecule has 0 unspecified atom stereocenters. The first kappa shape index (κ1) is 17.3. The van der Waals surface area contributed by atoms with Crippen LogP contribution in [0.15, 0.2) is 43.0 Å². The zero-order chi connectivity index (χ0) is 18.1. The van der Waals surface area contributed by atoms with Crippen LogP contribution in [0.1, 0.15) is 24.8 Å². The van der Waals surface area contributed by atoms with Gasteiger partial charge in [-0.05, 0) is 30.9 Å². The number of hydrogen-bond acceptors (Lipinski definition) is 3. The summed E-state index contributed by atoms with van der Waals surface area (Å²) in [5.74, 6) is 0.629. The first-order valence-corrected chi connectivity index (χ1v) is 9.52. The lowest BCUT2D eigenvalue weighted by Gasteiger charge is -2.42. The van der Waals surface area contributed by atoms with Crippen LogP contribution in [-0.4, -0.2) is 60.5 Å². The van der Waals surface area contributed by atoms with Crippen molar-refractivity contribution in [1.29, 1.82) is 0 Å². The molecular weight excluding hydrogens is 328 g/mol. The Balaban J connectivity index is 1.59. The quantitative estimate of drug-likeness (QED) is 0.780. The predicted molar refractivity (Wildman–Crippen MR) is 98.6 cm³/mol. The van der Waals surface area contributed by atoms with Gasteiger partial charge >= 0.3 is 0 Å². The molecule has 0 aromatic heterocycles. The molecule has 0 saturated carbocycles. The molecule has 3 aliphatic rings. The molecule has 1 aromatic carbocycles. The number of rotatable bonds is 3. The summed E-state index contributed by atoms with van der Waals surface area (Å²) in [6.07, 6.45) is 3.92. The van der Waals surface area contributed by atoms with Crippen LogP contribution < -0.4 is 0 Å². The smallest absolute Gasteiger partial charge is 0.245 e. The van der Waals surface area contributed by atoms with E-state index in [1.54, 1.807) is 4.90 Å². The SMILES string of the molecule is C=CC(=O)N1CCC(C(=O)N2C[C@@H]3CCO[C@@H]3C2)(c2ccccc2)CC1. The number of likely N-dealkylation sites (tertiary alicyclic amines) is 2. The van der Waals surface area contributed by atoms with Crippen LogP contribution in [0.3, 0.4) is 0 Å². The van der Waals surface area contributed by atoms with Crippen molar-refractivity contribution in [1.82, 2.24) is 9.80 Å². The lowest BCUT2D eigenvalue weighted by Crippen LogP contribution is -2.53. The number of fused-ring (bicyclic) bond motifs is 1. The van der Waals surface area contributed by atoms with Gasteiger partial charge in [0.1, 0.15) is 0 Å². The normalized spacial score (nSPS) is 27.2. The van der Waals surface area contributed by atoms with Gasteiger partial charge in [0.25, 0.3) is 0 Å². The molecule has 1 aromatic rings. The maximum absolute atomic E-state index is 13.6. The number of amides is 2. The Labute approximate surface area is 154 Å². The van der Waals surface area contributed by atoms with Gasteiger partial charge < -0.3 is 14.5 Å². The second-order valence-electron chi connectivity index (χ2n) is 7.65. The Hall–Kier alpha value is -2.14. The van der Waals surface area contributed by atoms with E-state index in [-0.39, 0.29) is 17.9 Å². The highest BCUT2D eigenvalue weighted by Gasteiger charge is 2.49. The van der Waals surface area contributed by atoms with E-state index in [2.05, 4.69) is 18.7 Å². The molecule has 3 heterocycles. The molecule has 138 valence electrons. The van der Waals surface area contributed by atoms with Gasteiger partial charge in [0, 0.05) is 38.7 Å². The second kappa shape index (κ2) is 6.88. The molecule has 2 amide bonds. The Morgan fingerprint density at radius 2 is 1.85 bits per heavy atom. The minimum atomic E-state index is -0.544. The summed E-state index contributed by atoms with van der Waals surface area (Å²) in [7, 11) is 0. The Bertz CT molecular complexity index is 682. The molecule has 0 radical (unpaired) electrons. The van der Waals surface area contributed by atoms with Crippen molar-refractivity contribution < 1.29 is 14.3 Å². The van der Waals surface area contributed by atoms with E-state index in [1.165, 1.54) is 6.08 Å². The first-order chi connectivity index (χ1) is 12.6. The molecule has 4 rings (SSSR count). The maximum atomic E-state index is 13.6. The Kier molecular flexibility index (Phi) is 4.57. The fourth-order valence-corrected chi connectivity index (χ4v) is 4.77. The van der Waals surface area contributed by atoms with E-state index in [0.29, 0.717) is 38.4 Å². The van der Waals surface area contributed by atoms with E-state index < -0.39 is 5.41 Å². The van der Waals surface area contributed by atoms with E-state index >= 15 is 0 Å². The van der Waals surface area contributed by atoms with Crippen LogP contribution in [0, 0.1) is 5.92 Å². The summed E-state index contributed by atoms with van der Waals surface area (Å²) in [5.41, 5.74) is 0.520. The molecule has 26 heavy (non-hydrogen) atoms. The van der Waals surface area contributed by atoms with Gasteiger partial charge in [-0.3, -0.25) is 9.59 Å². The molecule has 3 saturated heterocycles. The van der Waals surface area contributed by atoms with Gasteiger partial charge in [-0.1, -0.05) is 36.9 Å². The van der Waals surface area contributed by atoms with Crippen molar-refractivity contribution in [3.63, 3.8) is 0 Å². The summed E-state index contributed by atoms with van der Waals surface area (Å²) >= 11 is 0. The van der Waals surface area contributed by atoms with E-state index in [9.17, 15) is 9.59 Å².